The molecule has 90 valence electrons. The first-order chi connectivity index (χ1) is 7.30. The Morgan fingerprint density at radius 1 is 1.50 bits per heavy atom. The predicted octanol–water partition coefficient (Wildman–Crippen LogP) is 0.594. The Balaban J connectivity index is 2.26. The Hall–Kier alpha value is -0.870. The van der Waals surface area contributed by atoms with Crippen LogP contribution in [0.15, 0.2) is 6.20 Å². The fraction of sp³-hybridized carbons (Fsp3) is 0.750. The smallest absolute Gasteiger partial charge is 0.0936 e. The average molecular weight is 223 g/mol. The highest BCUT2D eigenvalue weighted by molar-refractivity contribution is 5.26. The Morgan fingerprint density at radius 3 is 2.56 bits per heavy atom. The molecule has 0 amide bonds. The van der Waals surface area contributed by atoms with Crippen LogP contribution in [0.3, 0.4) is 0 Å². The van der Waals surface area contributed by atoms with Gasteiger partial charge in [0, 0.05) is 38.2 Å². The molecule has 0 aromatic carbocycles. The molecule has 0 unspecified atom stereocenters. The van der Waals surface area contributed by atoms with Crippen molar-refractivity contribution in [3.8, 4) is 0 Å². The Morgan fingerprint density at radius 2 is 2.12 bits per heavy atom. The summed E-state index contributed by atoms with van der Waals surface area (Å²) in [5.41, 5.74) is 1.72. The minimum Gasteiger partial charge on any atom is -0.387 e. The van der Waals surface area contributed by atoms with Gasteiger partial charge in [0.15, 0.2) is 0 Å². The number of β-amino-alcohol motifs (C(OH)–C–C–N with tert-alkyl or cyclic N) is 1. The summed E-state index contributed by atoms with van der Waals surface area (Å²) < 4.78 is 1.84. The monoisotopic (exact) mass is 223 g/mol. The standard InChI is InChI=1S/C12H21N3O/c1-11(2,3)10-9(6-15(4)14-10)5-12(16)7-13-8-12/h6,13,16H,5,7-8H2,1-4H3. The molecule has 2 N–H and O–H groups in total. The van der Waals surface area contributed by atoms with Crippen LogP contribution in [0.1, 0.15) is 32.0 Å². The van der Waals surface area contributed by atoms with Gasteiger partial charge in [0.2, 0.25) is 0 Å². The summed E-state index contributed by atoms with van der Waals surface area (Å²) in [6.07, 6.45) is 2.72. The maximum Gasteiger partial charge on any atom is 0.0936 e. The van der Waals surface area contributed by atoms with Crippen LogP contribution in [-0.4, -0.2) is 33.6 Å². The normalized spacial score (nSPS) is 19.6. The number of aliphatic hydroxyl groups is 1. The number of rotatable bonds is 2. The topological polar surface area (TPSA) is 50.1 Å². The maximum atomic E-state index is 10.2. The fourth-order valence-corrected chi connectivity index (χ4v) is 2.19. The van der Waals surface area contributed by atoms with Crippen LogP contribution in [0.4, 0.5) is 0 Å². The van der Waals surface area contributed by atoms with Gasteiger partial charge in [-0.1, -0.05) is 20.8 Å². The molecule has 2 heterocycles. The molecule has 0 saturated carbocycles. The van der Waals surface area contributed by atoms with E-state index in [4.69, 9.17) is 0 Å². The minimum absolute atomic E-state index is 0.0319. The molecule has 1 aliphatic rings. The first-order valence-electron chi connectivity index (χ1n) is 5.76. The first-order valence-corrected chi connectivity index (χ1v) is 5.76. The largest absolute Gasteiger partial charge is 0.387 e. The van der Waals surface area contributed by atoms with E-state index in [0.717, 1.165) is 5.69 Å². The van der Waals surface area contributed by atoms with Crippen LogP contribution in [-0.2, 0) is 18.9 Å². The quantitative estimate of drug-likeness (QED) is 0.771. The van der Waals surface area contributed by atoms with E-state index in [1.807, 2.05) is 17.9 Å². The third kappa shape index (κ3) is 2.13. The molecule has 1 saturated heterocycles. The highest BCUT2D eigenvalue weighted by Crippen LogP contribution is 2.28. The lowest BCUT2D eigenvalue weighted by atomic mass is 9.83. The van der Waals surface area contributed by atoms with Crippen molar-refractivity contribution in [2.75, 3.05) is 13.1 Å². The van der Waals surface area contributed by atoms with Gasteiger partial charge in [-0.2, -0.15) is 5.10 Å². The lowest BCUT2D eigenvalue weighted by molar-refractivity contribution is -0.00931. The van der Waals surface area contributed by atoms with Crippen molar-refractivity contribution < 1.29 is 5.11 Å². The van der Waals surface area contributed by atoms with Gasteiger partial charge in [-0.05, 0) is 5.56 Å². The van der Waals surface area contributed by atoms with Crippen molar-refractivity contribution in [2.45, 2.75) is 38.2 Å². The summed E-state index contributed by atoms with van der Waals surface area (Å²) in [4.78, 5) is 0. The molecule has 0 spiro atoms. The molecule has 2 rings (SSSR count). The molecule has 1 aromatic rings. The van der Waals surface area contributed by atoms with E-state index in [1.54, 1.807) is 0 Å². The second-order valence-corrected chi connectivity index (χ2v) is 5.93. The first kappa shape index (κ1) is 11.6. The number of nitrogens with zero attached hydrogens (tertiary/aromatic N) is 2. The Kier molecular flexibility index (Phi) is 2.59. The van der Waals surface area contributed by atoms with Crippen molar-refractivity contribution in [1.82, 2.24) is 15.1 Å². The molecule has 1 aromatic heterocycles. The average Bonchev–Trinajstić information content (AvgIpc) is 2.43. The van der Waals surface area contributed by atoms with Crippen molar-refractivity contribution in [1.29, 1.82) is 0 Å². The van der Waals surface area contributed by atoms with Gasteiger partial charge in [-0.3, -0.25) is 4.68 Å². The van der Waals surface area contributed by atoms with Gasteiger partial charge in [0.25, 0.3) is 0 Å². The lowest BCUT2D eigenvalue weighted by Gasteiger charge is -2.38. The van der Waals surface area contributed by atoms with E-state index in [-0.39, 0.29) is 5.41 Å². The van der Waals surface area contributed by atoms with Crippen LogP contribution in [0.2, 0.25) is 0 Å². The summed E-state index contributed by atoms with van der Waals surface area (Å²) in [6.45, 7) is 7.84. The van der Waals surface area contributed by atoms with Gasteiger partial charge < -0.3 is 10.4 Å². The van der Waals surface area contributed by atoms with E-state index in [1.165, 1.54) is 5.56 Å². The predicted molar refractivity (Wildman–Crippen MR) is 63.4 cm³/mol. The third-order valence-electron chi connectivity index (χ3n) is 3.04. The SMILES string of the molecule is Cn1cc(CC2(O)CNC2)c(C(C)(C)C)n1. The summed E-state index contributed by atoms with van der Waals surface area (Å²) in [7, 11) is 1.93. The van der Waals surface area contributed by atoms with Crippen molar-refractivity contribution >= 4 is 0 Å². The molecule has 0 aliphatic carbocycles. The lowest BCUT2D eigenvalue weighted by Crippen LogP contribution is -2.60. The molecule has 16 heavy (non-hydrogen) atoms. The zero-order chi connectivity index (χ0) is 12.0. The number of hydrogen-bond acceptors (Lipinski definition) is 3. The summed E-state index contributed by atoms with van der Waals surface area (Å²) in [6, 6.07) is 0. The fourth-order valence-electron chi connectivity index (χ4n) is 2.19. The summed E-state index contributed by atoms with van der Waals surface area (Å²) in [5, 5.41) is 17.8. The Labute approximate surface area is 96.7 Å². The van der Waals surface area contributed by atoms with Crippen LogP contribution < -0.4 is 5.32 Å². The third-order valence-corrected chi connectivity index (χ3v) is 3.04. The van der Waals surface area contributed by atoms with Crippen LogP contribution in [0, 0.1) is 0 Å². The molecule has 4 heteroatoms. The molecular weight excluding hydrogens is 202 g/mol. The summed E-state index contributed by atoms with van der Waals surface area (Å²) >= 11 is 0. The van der Waals surface area contributed by atoms with E-state index < -0.39 is 5.60 Å². The molecule has 1 fully saturated rings. The van der Waals surface area contributed by atoms with E-state index >= 15 is 0 Å². The maximum absolute atomic E-state index is 10.2. The number of aromatic nitrogens is 2. The van der Waals surface area contributed by atoms with Crippen molar-refractivity contribution in [3.63, 3.8) is 0 Å². The van der Waals surface area contributed by atoms with Gasteiger partial charge in [0.1, 0.15) is 0 Å². The Bertz CT molecular complexity index is 385. The summed E-state index contributed by atoms with van der Waals surface area (Å²) in [5.74, 6) is 0. The zero-order valence-electron chi connectivity index (χ0n) is 10.5. The van der Waals surface area contributed by atoms with Crippen LogP contribution in [0.5, 0.6) is 0 Å². The van der Waals surface area contributed by atoms with Crippen LogP contribution >= 0.6 is 0 Å². The second-order valence-electron chi connectivity index (χ2n) is 5.93. The molecule has 4 nitrogen and oxygen atoms in total. The van der Waals surface area contributed by atoms with E-state index in [2.05, 4.69) is 31.2 Å². The van der Waals surface area contributed by atoms with E-state index in [9.17, 15) is 5.11 Å². The molecule has 1 aliphatic heterocycles. The van der Waals surface area contributed by atoms with E-state index in [0.29, 0.717) is 19.5 Å². The minimum atomic E-state index is -0.566. The number of nitrogens with one attached hydrogen (secondary N) is 1. The molecule has 0 bridgehead atoms. The molecular formula is C12H21N3O. The second kappa shape index (κ2) is 3.57. The van der Waals surface area contributed by atoms with Gasteiger partial charge in [0.05, 0.1) is 11.3 Å². The van der Waals surface area contributed by atoms with Crippen molar-refractivity contribution in [3.05, 3.63) is 17.5 Å². The van der Waals surface area contributed by atoms with Crippen molar-refractivity contribution in [2.24, 2.45) is 7.05 Å². The highest BCUT2D eigenvalue weighted by atomic mass is 16.3. The van der Waals surface area contributed by atoms with Crippen LogP contribution in [0.25, 0.3) is 0 Å². The molecule has 0 radical (unpaired) electrons. The van der Waals surface area contributed by atoms with Gasteiger partial charge >= 0.3 is 0 Å². The molecule has 0 atom stereocenters. The number of aryl methyl sites for hydroxylation is 1. The van der Waals surface area contributed by atoms with Gasteiger partial charge in [-0.15, -0.1) is 0 Å². The highest BCUT2D eigenvalue weighted by Gasteiger charge is 2.36. The number of hydrogen-bond donors (Lipinski definition) is 2. The van der Waals surface area contributed by atoms with Gasteiger partial charge in [-0.25, -0.2) is 0 Å². The zero-order valence-corrected chi connectivity index (χ0v) is 10.5.